The third kappa shape index (κ3) is 8.47. The number of nitrogens with one attached hydrogen (secondary N) is 3. The highest BCUT2D eigenvalue weighted by Gasteiger charge is 2.15. The van der Waals surface area contributed by atoms with E-state index < -0.39 is 11.8 Å². The van der Waals surface area contributed by atoms with Gasteiger partial charge in [-0.3, -0.25) is 25.8 Å². The molecule has 3 N–H and O–H groups in total. The molecule has 0 saturated heterocycles. The Labute approximate surface area is 194 Å². The van der Waals surface area contributed by atoms with Crippen LogP contribution in [0.3, 0.4) is 0 Å². The molecule has 0 saturated carbocycles. The fraction of sp³-hybridized carbons (Fsp3) is 0.227. The highest BCUT2D eigenvalue weighted by atomic mass is 79.9. The summed E-state index contributed by atoms with van der Waals surface area (Å²) in [6.45, 7) is 6.07. The summed E-state index contributed by atoms with van der Waals surface area (Å²) in [5.74, 6) is -0.814. The average Bonchev–Trinajstić information content (AvgIpc) is 2.70. The number of halogens is 2. The van der Waals surface area contributed by atoms with Crippen LogP contribution in [0.1, 0.15) is 31.9 Å². The van der Waals surface area contributed by atoms with E-state index >= 15 is 0 Å². The van der Waals surface area contributed by atoms with Gasteiger partial charge >= 0.3 is 0 Å². The van der Waals surface area contributed by atoms with Crippen molar-refractivity contribution in [2.75, 3.05) is 6.61 Å². The van der Waals surface area contributed by atoms with Gasteiger partial charge in [0, 0.05) is 6.08 Å². The minimum atomic E-state index is -0.504. The molecule has 2 aromatic carbocycles. The number of ether oxygens (including phenoxy) is 1. The first-order chi connectivity index (χ1) is 14.5. The summed E-state index contributed by atoms with van der Waals surface area (Å²) in [5.41, 5.74) is 6.55. The van der Waals surface area contributed by atoms with Crippen LogP contribution < -0.4 is 20.9 Å². The van der Waals surface area contributed by atoms with Gasteiger partial charge in [0.25, 0.3) is 5.91 Å². The maximum absolute atomic E-state index is 12.9. The number of hydrogen-bond acceptors (Lipinski definition) is 4. The molecule has 6 nitrogen and oxygen atoms in total. The van der Waals surface area contributed by atoms with Gasteiger partial charge in [-0.05, 0) is 75.0 Å². The summed E-state index contributed by atoms with van der Waals surface area (Å²) >= 11 is 8.40. The molecule has 0 aliphatic heterocycles. The fourth-order valence-corrected chi connectivity index (χ4v) is 2.97. The highest BCUT2D eigenvalue weighted by Crippen LogP contribution is 2.31. The van der Waals surface area contributed by atoms with Crippen LogP contribution in [0.25, 0.3) is 6.08 Å². The van der Waals surface area contributed by atoms with Gasteiger partial charge in [0.05, 0.1) is 4.47 Å². The second-order valence-corrected chi connectivity index (χ2v) is 8.82. The van der Waals surface area contributed by atoms with Crippen molar-refractivity contribution in [1.29, 1.82) is 0 Å². The Morgan fingerprint density at radius 2 is 1.81 bits per heavy atom. The Morgan fingerprint density at radius 3 is 2.42 bits per heavy atom. The van der Waals surface area contributed by atoms with Crippen molar-refractivity contribution < 1.29 is 18.7 Å². The lowest BCUT2D eigenvalue weighted by molar-refractivity contribution is -0.123. The van der Waals surface area contributed by atoms with E-state index in [0.717, 1.165) is 10.0 Å². The van der Waals surface area contributed by atoms with Gasteiger partial charge in [0.1, 0.15) is 11.6 Å². The van der Waals surface area contributed by atoms with Gasteiger partial charge in [0.15, 0.2) is 11.7 Å². The molecule has 0 unspecified atom stereocenters. The van der Waals surface area contributed by atoms with Gasteiger partial charge in [0.2, 0.25) is 5.91 Å². The first kappa shape index (κ1) is 24.5. The van der Waals surface area contributed by atoms with E-state index in [0.29, 0.717) is 11.3 Å². The maximum atomic E-state index is 12.9. The second kappa shape index (κ2) is 11.0. The van der Waals surface area contributed by atoms with Gasteiger partial charge in [-0.2, -0.15) is 0 Å². The van der Waals surface area contributed by atoms with E-state index in [1.54, 1.807) is 6.07 Å². The molecule has 2 aromatic rings. The second-order valence-electron chi connectivity index (χ2n) is 7.56. The maximum Gasteiger partial charge on any atom is 0.276 e. The molecular weight excluding hydrogens is 485 g/mol. The number of amides is 2. The van der Waals surface area contributed by atoms with Crippen molar-refractivity contribution in [3.8, 4) is 5.75 Å². The van der Waals surface area contributed by atoms with E-state index in [-0.39, 0.29) is 23.0 Å². The van der Waals surface area contributed by atoms with Gasteiger partial charge in [-0.25, -0.2) is 4.39 Å². The molecular formula is C22H23BrFN3O3S. The zero-order chi connectivity index (χ0) is 23.0. The quantitative estimate of drug-likeness (QED) is 0.323. The summed E-state index contributed by atoms with van der Waals surface area (Å²) in [6, 6.07) is 11.3. The fourth-order valence-electron chi connectivity index (χ4n) is 2.32. The molecule has 2 rings (SSSR count). The molecule has 0 bridgehead atoms. The number of carbonyl (C=O) groups is 2. The van der Waals surface area contributed by atoms with Crippen molar-refractivity contribution in [1.82, 2.24) is 16.2 Å². The van der Waals surface area contributed by atoms with Crippen LogP contribution in [-0.2, 0) is 15.0 Å². The molecule has 0 spiro atoms. The Bertz CT molecular complexity index is 988. The Morgan fingerprint density at radius 1 is 1.13 bits per heavy atom. The summed E-state index contributed by atoms with van der Waals surface area (Å²) in [4.78, 5) is 23.8. The smallest absolute Gasteiger partial charge is 0.276 e. The van der Waals surface area contributed by atoms with Crippen LogP contribution in [0.4, 0.5) is 4.39 Å². The summed E-state index contributed by atoms with van der Waals surface area (Å²) in [7, 11) is 0. The number of rotatable bonds is 5. The Kier molecular flexibility index (Phi) is 8.70. The third-order valence-corrected chi connectivity index (χ3v) is 4.83. The zero-order valence-electron chi connectivity index (χ0n) is 17.3. The largest absolute Gasteiger partial charge is 0.483 e. The lowest BCUT2D eigenvalue weighted by Crippen LogP contribution is -2.49. The molecule has 31 heavy (non-hydrogen) atoms. The first-order valence-corrected chi connectivity index (χ1v) is 10.5. The highest BCUT2D eigenvalue weighted by molar-refractivity contribution is 9.10. The number of benzene rings is 2. The van der Waals surface area contributed by atoms with Crippen molar-refractivity contribution in [3.63, 3.8) is 0 Å². The van der Waals surface area contributed by atoms with Crippen molar-refractivity contribution >= 4 is 51.2 Å². The summed E-state index contributed by atoms with van der Waals surface area (Å²) in [6.07, 6.45) is 2.75. The van der Waals surface area contributed by atoms with Gasteiger partial charge in [-0.15, -0.1) is 0 Å². The van der Waals surface area contributed by atoms with E-state index in [9.17, 15) is 14.0 Å². The third-order valence-electron chi connectivity index (χ3n) is 4.01. The van der Waals surface area contributed by atoms with Crippen molar-refractivity contribution in [2.45, 2.75) is 26.2 Å². The number of hydrogen-bond donors (Lipinski definition) is 3. The normalized spacial score (nSPS) is 11.1. The first-order valence-electron chi connectivity index (χ1n) is 9.31. The van der Waals surface area contributed by atoms with Crippen molar-refractivity contribution in [2.24, 2.45) is 0 Å². The van der Waals surface area contributed by atoms with Crippen LogP contribution in [0.5, 0.6) is 5.75 Å². The zero-order valence-corrected chi connectivity index (χ0v) is 19.7. The Balaban J connectivity index is 1.75. The molecule has 0 radical (unpaired) electrons. The molecule has 2 amide bonds. The van der Waals surface area contributed by atoms with Crippen LogP contribution in [0.15, 0.2) is 53.0 Å². The van der Waals surface area contributed by atoms with Crippen LogP contribution in [-0.4, -0.2) is 23.5 Å². The predicted molar refractivity (Wildman–Crippen MR) is 126 cm³/mol. The van der Waals surface area contributed by atoms with E-state index in [2.05, 4.69) is 52.9 Å². The van der Waals surface area contributed by atoms with Gasteiger partial charge < -0.3 is 4.74 Å². The van der Waals surface area contributed by atoms with Crippen LogP contribution >= 0.6 is 28.1 Å². The minimum absolute atomic E-state index is 0.00329. The van der Waals surface area contributed by atoms with Crippen LogP contribution in [0.2, 0.25) is 0 Å². The molecule has 0 aliphatic rings. The number of carbonyl (C=O) groups excluding carboxylic acids is 2. The Hall–Kier alpha value is -2.78. The lowest BCUT2D eigenvalue weighted by Gasteiger charge is -2.20. The SMILES string of the molecule is CC(C)(C)c1ccc(OCC(=O)NNC(=S)NC(=O)C=Cc2ccc(F)cc2)c(Br)c1. The molecule has 0 fully saturated rings. The molecule has 0 atom stereocenters. The topological polar surface area (TPSA) is 79.5 Å². The predicted octanol–water partition coefficient (Wildman–Crippen LogP) is 4.00. The van der Waals surface area contributed by atoms with Crippen LogP contribution in [0, 0.1) is 5.82 Å². The number of hydrazine groups is 1. The molecule has 9 heteroatoms. The average molecular weight is 508 g/mol. The van der Waals surface area contributed by atoms with E-state index in [1.165, 1.54) is 36.4 Å². The van der Waals surface area contributed by atoms with E-state index in [4.69, 9.17) is 17.0 Å². The number of thiocarbonyl (C=S) groups is 1. The molecule has 0 aromatic heterocycles. The van der Waals surface area contributed by atoms with E-state index in [1.807, 2.05) is 12.1 Å². The lowest BCUT2D eigenvalue weighted by atomic mass is 9.87. The molecule has 0 heterocycles. The molecule has 0 aliphatic carbocycles. The van der Waals surface area contributed by atoms with Crippen molar-refractivity contribution in [3.05, 3.63) is 70.0 Å². The standard InChI is InChI=1S/C22H23BrFN3O3S/c1-22(2,3)15-7-10-18(17(23)12-15)30-13-20(29)26-27-21(31)25-19(28)11-6-14-4-8-16(24)9-5-14/h4-12H,13H2,1-3H3,(H,26,29)(H2,25,27,28,31). The molecule has 164 valence electrons. The summed E-state index contributed by atoms with van der Waals surface area (Å²) < 4.78 is 19.1. The van der Waals surface area contributed by atoms with Gasteiger partial charge in [-0.1, -0.05) is 39.0 Å². The minimum Gasteiger partial charge on any atom is -0.483 e. The monoisotopic (exact) mass is 507 g/mol. The summed E-state index contributed by atoms with van der Waals surface area (Å²) in [5, 5.41) is 2.29.